The molecule has 0 unspecified atom stereocenters. The summed E-state index contributed by atoms with van der Waals surface area (Å²) in [5, 5.41) is 5.48. The maximum absolute atomic E-state index is 12.2. The average Bonchev–Trinajstić information content (AvgIpc) is 2.95. The highest BCUT2D eigenvalue weighted by molar-refractivity contribution is 7.16. The second-order valence-corrected chi connectivity index (χ2v) is 7.32. The predicted octanol–water partition coefficient (Wildman–Crippen LogP) is 3.18. The van der Waals surface area contributed by atoms with Gasteiger partial charge < -0.3 is 5.32 Å². The van der Waals surface area contributed by atoms with Gasteiger partial charge in [0.15, 0.2) is 0 Å². The maximum atomic E-state index is 12.2. The summed E-state index contributed by atoms with van der Waals surface area (Å²) in [4.78, 5) is 29.2. The third-order valence-corrected chi connectivity index (χ3v) is 4.68. The zero-order valence-electron chi connectivity index (χ0n) is 14.0. The fraction of sp³-hybridized carbons (Fsp3) is 0.588. The Labute approximate surface area is 140 Å². The van der Waals surface area contributed by atoms with Crippen molar-refractivity contribution in [3.05, 3.63) is 28.1 Å². The molecule has 0 aliphatic carbocycles. The van der Waals surface area contributed by atoms with Crippen LogP contribution in [-0.4, -0.2) is 21.5 Å². The topological polar surface area (TPSA) is 64.0 Å². The van der Waals surface area contributed by atoms with Gasteiger partial charge in [0, 0.05) is 19.0 Å². The van der Waals surface area contributed by atoms with Crippen LogP contribution in [0.2, 0.25) is 0 Å². The van der Waals surface area contributed by atoms with E-state index in [2.05, 4.69) is 24.1 Å². The molecule has 0 saturated carbocycles. The summed E-state index contributed by atoms with van der Waals surface area (Å²) in [6.07, 6.45) is 5.12. The van der Waals surface area contributed by atoms with Crippen molar-refractivity contribution < 1.29 is 4.79 Å². The number of rotatable bonds is 8. The highest BCUT2D eigenvalue weighted by Gasteiger charge is 2.10. The van der Waals surface area contributed by atoms with Gasteiger partial charge in [0.1, 0.15) is 4.83 Å². The molecule has 0 spiro atoms. The molecule has 2 rings (SSSR count). The van der Waals surface area contributed by atoms with Gasteiger partial charge in [0.2, 0.25) is 5.91 Å². The highest BCUT2D eigenvalue weighted by Crippen LogP contribution is 2.13. The second kappa shape index (κ2) is 8.24. The lowest BCUT2D eigenvalue weighted by atomic mass is 10.0. The van der Waals surface area contributed by atoms with Crippen molar-refractivity contribution in [3.8, 4) is 0 Å². The molecule has 5 nitrogen and oxygen atoms in total. The Balaban J connectivity index is 1.81. The van der Waals surface area contributed by atoms with E-state index in [1.165, 1.54) is 28.7 Å². The van der Waals surface area contributed by atoms with Crippen molar-refractivity contribution in [3.63, 3.8) is 0 Å². The first kappa shape index (κ1) is 17.7. The van der Waals surface area contributed by atoms with E-state index in [0.717, 1.165) is 17.7 Å². The van der Waals surface area contributed by atoms with Crippen molar-refractivity contribution in [2.75, 3.05) is 0 Å². The lowest BCUT2D eigenvalue weighted by Crippen LogP contribution is -2.34. The van der Waals surface area contributed by atoms with Crippen LogP contribution >= 0.6 is 11.3 Å². The lowest BCUT2D eigenvalue weighted by Gasteiger charge is -2.14. The SMILES string of the molecule is CC(C)CCC[C@H](C)NC(=O)CCn1cnc2sccc2c1=O. The van der Waals surface area contributed by atoms with Crippen LogP contribution in [0.5, 0.6) is 0 Å². The van der Waals surface area contributed by atoms with Gasteiger partial charge in [-0.05, 0) is 30.7 Å². The van der Waals surface area contributed by atoms with Crippen molar-refractivity contribution in [1.82, 2.24) is 14.9 Å². The third kappa shape index (κ3) is 5.16. The smallest absolute Gasteiger partial charge is 0.262 e. The summed E-state index contributed by atoms with van der Waals surface area (Å²) in [6.45, 7) is 6.81. The molecule has 0 fully saturated rings. The van der Waals surface area contributed by atoms with Gasteiger partial charge in [-0.2, -0.15) is 0 Å². The largest absolute Gasteiger partial charge is 0.354 e. The summed E-state index contributed by atoms with van der Waals surface area (Å²) in [5.74, 6) is 0.684. The molecule has 0 radical (unpaired) electrons. The normalized spacial score (nSPS) is 12.7. The minimum Gasteiger partial charge on any atom is -0.354 e. The molecule has 1 amide bonds. The van der Waals surface area contributed by atoms with Crippen molar-refractivity contribution in [2.24, 2.45) is 5.92 Å². The Hall–Kier alpha value is -1.69. The van der Waals surface area contributed by atoms with E-state index in [1.807, 2.05) is 12.3 Å². The fourth-order valence-corrected chi connectivity index (χ4v) is 3.25. The minimum atomic E-state index is -0.0750. The van der Waals surface area contributed by atoms with Gasteiger partial charge in [-0.15, -0.1) is 11.3 Å². The maximum Gasteiger partial charge on any atom is 0.262 e. The molecule has 1 N–H and O–H groups in total. The van der Waals surface area contributed by atoms with E-state index < -0.39 is 0 Å². The monoisotopic (exact) mass is 335 g/mol. The van der Waals surface area contributed by atoms with Crippen LogP contribution in [-0.2, 0) is 11.3 Å². The van der Waals surface area contributed by atoms with E-state index in [0.29, 0.717) is 24.3 Å². The molecule has 2 aromatic heterocycles. The number of amides is 1. The van der Waals surface area contributed by atoms with Gasteiger partial charge in [0.25, 0.3) is 5.56 Å². The van der Waals surface area contributed by atoms with E-state index >= 15 is 0 Å². The van der Waals surface area contributed by atoms with E-state index in [4.69, 9.17) is 0 Å². The number of aromatic nitrogens is 2. The van der Waals surface area contributed by atoms with Crippen LogP contribution in [0.4, 0.5) is 0 Å². The van der Waals surface area contributed by atoms with Gasteiger partial charge in [-0.3, -0.25) is 14.2 Å². The summed E-state index contributed by atoms with van der Waals surface area (Å²) >= 11 is 1.45. The number of thiophene rings is 1. The van der Waals surface area contributed by atoms with E-state index in [-0.39, 0.29) is 17.5 Å². The molecule has 23 heavy (non-hydrogen) atoms. The molecule has 0 aliphatic rings. The van der Waals surface area contributed by atoms with Crippen LogP contribution in [0.25, 0.3) is 10.2 Å². The Kier molecular flexibility index (Phi) is 6.33. The molecule has 0 bridgehead atoms. The van der Waals surface area contributed by atoms with Gasteiger partial charge in [0.05, 0.1) is 11.7 Å². The third-order valence-electron chi connectivity index (χ3n) is 3.86. The first-order valence-electron chi connectivity index (χ1n) is 8.19. The summed E-state index contributed by atoms with van der Waals surface area (Å²) in [6, 6.07) is 1.96. The zero-order chi connectivity index (χ0) is 16.8. The van der Waals surface area contributed by atoms with Crippen molar-refractivity contribution in [2.45, 2.75) is 59.0 Å². The summed E-state index contributed by atoms with van der Waals surface area (Å²) in [5.41, 5.74) is -0.0750. The Morgan fingerprint density at radius 3 is 2.87 bits per heavy atom. The average molecular weight is 335 g/mol. The van der Waals surface area contributed by atoms with Gasteiger partial charge in [-0.25, -0.2) is 4.98 Å². The Morgan fingerprint density at radius 2 is 2.13 bits per heavy atom. The number of nitrogens with zero attached hydrogens (tertiary/aromatic N) is 2. The molecular formula is C17H25N3O2S. The number of aryl methyl sites for hydroxylation is 1. The first-order chi connectivity index (χ1) is 11.0. The molecule has 0 aliphatic heterocycles. The molecule has 126 valence electrons. The van der Waals surface area contributed by atoms with Crippen LogP contribution in [0, 0.1) is 5.92 Å². The van der Waals surface area contributed by atoms with E-state index in [1.54, 1.807) is 6.07 Å². The number of nitrogens with one attached hydrogen (secondary N) is 1. The van der Waals surface area contributed by atoms with E-state index in [9.17, 15) is 9.59 Å². The molecule has 0 saturated heterocycles. The second-order valence-electron chi connectivity index (χ2n) is 6.43. The summed E-state index contributed by atoms with van der Waals surface area (Å²) in [7, 11) is 0. The molecule has 6 heteroatoms. The zero-order valence-corrected chi connectivity index (χ0v) is 14.9. The number of hydrogen-bond donors (Lipinski definition) is 1. The summed E-state index contributed by atoms with van der Waals surface area (Å²) < 4.78 is 1.51. The Morgan fingerprint density at radius 1 is 1.35 bits per heavy atom. The number of hydrogen-bond acceptors (Lipinski definition) is 4. The quantitative estimate of drug-likeness (QED) is 0.806. The van der Waals surface area contributed by atoms with Crippen molar-refractivity contribution in [1.29, 1.82) is 0 Å². The number of carbonyl (C=O) groups is 1. The fourth-order valence-electron chi connectivity index (χ4n) is 2.53. The van der Waals surface area contributed by atoms with Crippen LogP contribution in [0.15, 0.2) is 22.6 Å². The highest BCUT2D eigenvalue weighted by atomic mass is 32.1. The lowest BCUT2D eigenvalue weighted by molar-refractivity contribution is -0.121. The first-order valence-corrected chi connectivity index (χ1v) is 9.07. The van der Waals surface area contributed by atoms with Crippen LogP contribution in [0.1, 0.15) is 46.5 Å². The molecule has 2 heterocycles. The van der Waals surface area contributed by atoms with Gasteiger partial charge >= 0.3 is 0 Å². The van der Waals surface area contributed by atoms with Gasteiger partial charge in [-0.1, -0.05) is 26.7 Å². The minimum absolute atomic E-state index is 0.0145. The molecule has 2 aromatic rings. The number of carbonyl (C=O) groups excluding carboxylic acids is 1. The molecule has 1 atom stereocenters. The predicted molar refractivity (Wildman–Crippen MR) is 94.8 cm³/mol. The Bertz CT molecular complexity index is 705. The van der Waals surface area contributed by atoms with Crippen LogP contribution in [0.3, 0.4) is 0 Å². The van der Waals surface area contributed by atoms with Crippen molar-refractivity contribution >= 4 is 27.5 Å². The standard InChI is InChI=1S/C17H25N3O2S/c1-12(2)5-4-6-13(3)19-15(21)7-9-20-11-18-16-14(17(20)22)8-10-23-16/h8,10-13H,4-7,9H2,1-3H3,(H,19,21)/t13-/m0/s1. The molecular weight excluding hydrogens is 310 g/mol. The molecule has 0 aromatic carbocycles. The number of fused-ring (bicyclic) bond motifs is 1. The van der Waals surface area contributed by atoms with Crippen LogP contribution < -0.4 is 10.9 Å².